The Hall–Kier alpha value is -2.25. The summed E-state index contributed by atoms with van der Waals surface area (Å²) in [7, 11) is 0. The first kappa shape index (κ1) is 13.4. The summed E-state index contributed by atoms with van der Waals surface area (Å²) < 4.78 is 5.41. The Morgan fingerprint density at radius 1 is 1.23 bits per heavy atom. The minimum absolute atomic E-state index is 0.555. The van der Waals surface area contributed by atoms with Crippen LogP contribution in [0.1, 0.15) is 11.6 Å². The number of H-pyrrole nitrogens is 1. The van der Waals surface area contributed by atoms with Gasteiger partial charge in [0.2, 0.25) is 0 Å². The molecule has 7 nitrogen and oxygen atoms in total. The van der Waals surface area contributed by atoms with Gasteiger partial charge in [-0.1, -0.05) is 5.16 Å². The summed E-state index contributed by atoms with van der Waals surface area (Å²) in [6.07, 6.45) is 0. The summed E-state index contributed by atoms with van der Waals surface area (Å²) in [6.45, 7) is 6.74. The fourth-order valence-corrected chi connectivity index (χ4v) is 2.77. The highest BCUT2D eigenvalue weighted by molar-refractivity contribution is 5.80. The molecule has 1 aromatic carbocycles. The van der Waals surface area contributed by atoms with Crippen LogP contribution in [0.2, 0.25) is 0 Å². The van der Waals surface area contributed by atoms with Gasteiger partial charge in [0.05, 0.1) is 17.6 Å². The molecule has 0 amide bonds. The van der Waals surface area contributed by atoms with Gasteiger partial charge in [-0.05, 0) is 25.1 Å². The standard InChI is InChI=1S/C15H18N6O/c1-10-17-12-3-2-11(8-13(12)18-10)15-19-14(20-22-15)9-21-6-4-16-5-7-21/h2-3,8,16H,4-7,9H2,1H3,(H,17,18). The predicted octanol–water partition coefficient (Wildman–Crippen LogP) is 1.33. The van der Waals surface area contributed by atoms with Gasteiger partial charge in [-0.25, -0.2) is 4.98 Å². The summed E-state index contributed by atoms with van der Waals surface area (Å²) in [6, 6.07) is 5.93. The number of piperazine rings is 1. The smallest absolute Gasteiger partial charge is 0.258 e. The van der Waals surface area contributed by atoms with E-state index in [-0.39, 0.29) is 0 Å². The first-order valence-corrected chi connectivity index (χ1v) is 7.50. The molecule has 0 bridgehead atoms. The third kappa shape index (κ3) is 2.60. The minimum atomic E-state index is 0.555. The summed E-state index contributed by atoms with van der Waals surface area (Å²) in [5.74, 6) is 2.19. The lowest BCUT2D eigenvalue weighted by molar-refractivity contribution is 0.225. The van der Waals surface area contributed by atoms with Gasteiger partial charge < -0.3 is 14.8 Å². The molecule has 0 aliphatic carbocycles. The van der Waals surface area contributed by atoms with Crippen LogP contribution in [0.5, 0.6) is 0 Å². The Labute approximate surface area is 127 Å². The van der Waals surface area contributed by atoms with Gasteiger partial charge >= 0.3 is 0 Å². The topological polar surface area (TPSA) is 82.9 Å². The molecule has 3 heterocycles. The van der Waals surface area contributed by atoms with E-state index in [1.54, 1.807) is 0 Å². The van der Waals surface area contributed by atoms with Crippen molar-refractivity contribution in [1.82, 2.24) is 30.3 Å². The number of aromatic amines is 1. The number of benzene rings is 1. The molecule has 3 aromatic rings. The van der Waals surface area contributed by atoms with Gasteiger partial charge in [0, 0.05) is 31.7 Å². The summed E-state index contributed by atoms with van der Waals surface area (Å²) in [5.41, 5.74) is 2.84. The number of aromatic nitrogens is 4. The molecule has 0 spiro atoms. The van der Waals surface area contributed by atoms with Gasteiger partial charge in [0.15, 0.2) is 5.82 Å². The molecule has 7 heteroatoms. The Morgan fingerprint density at radius 3 is 2.95 bits per heavy atom. The van der Waals surface area contributed by atoms with Crippen molar-refractivity contribution in [1.29, 1.82) is 0 Å². The Balaban J connectivity index is 1.56. The van der Waals surface area contributed by atoms with Crippen molar-refractivity contribution in [2.45, 2.75) is 13.5 Å². The maximum absolute atomic E-state index is 5.41. The second-order valence-electron chi connectivity index (χ2n) is 5.60. The van der Waals surface area contributed by atoms with Crippen LogP contribution in [0.4, 0.5) is 0 Å². The van der Waals surface area contributed by atoms with Crippen molar-refractivity contribution in [3.05, 3.63) is 29.8 Å². The molecule has 0 atom stereocenters. The van der Waals surface area contributed by atoms with E-state index in [1.807, 2.05) is 25.1 Å². The maximum atomic E-state index is 5.41. The molecular weight excluding hydrogens is 280 g/mol. The zero-order valence-electron chi connectivity index (χ0n) is 12.5. The maximum Gasteiger partial charge on any atom is 0.258 e. The van der Waals surface area contributed by atoms with E-state index < -0.39 is 0 Å². The number of hydrogen-bond acceptors (Lipinski definition) is 6. The summed E-state index contributed by atoms with van der Waals surface area (Å²) in [5, 5.41) is 7.43. The van der Waals surface area contributed by atoms with Crippen molar-refractivity contribution >= 4 is 11.0 Å². The van der Waals surface area contributed by atoms with Crippen molar-refractivity contribution in [2.75, 3.05) is 26.2 Å². The van der Waals surface area contributed by atoms with Gasteiger partial charge in [0.25, 0.3) is 5.89 Å². The molecule has 1 aliphatic heterocycles. The zero-order chi connectivity index (χ0) is 14.9. The molecule has 2 aromatic heterocycles. The van der Waals surface area contributed by atoms with E-state index in [4.69, 9.17) is 4.52 Å². The number of hydrogen-bond donors (Lipinski definition) is 2. The number of rotatable bonds is 3. The lowest BCUT2D eigenvalue weighted by atomic mass is 10.2. The Bertz CT molecular complexity index is 786. The lowest BCUT2D eigenvalue weighted by Crippen LogP contribution is -2.43. The van der Waals surface area contributed by atoms with Crippen LogP contribution in [0, 0.1) is 6.92 Å². The van der Waals surface area contributed by atoms with Crippen LogP contribution in [-0.4, -0.2) is 51.2 Å². The molecule has 0 radical (unpaired) electrons. The molecule has 1 aliphatic rings. The van der Waals surface area contributed by atoms with E-state index >= 15 is 0 Å². The number of nitrogens with zero attached hydrogens (tertiary/aromatic N) is 4. The molecule has 4 rings (SSSR count). The second-order valence-corrected chi connectivity index (χ2v) is 5.60. The van der Waals surface area contributed by atoms with Crippen LogP contribution in [0.15, 0.2) is 22.7 Å². The second kappa shape index (κ2) is 5.51. The van der Waals surface area contributed by atoms with Crippen LogP contribution >= 0.6 is 0 Å². The first-order valence-electron chi connectivity index (χ1n) is 7.50. The van der Waals surface area contributed by atoms with Crippen LogP contribution in [0.25, 0.3) is 22.5 Å². The zero-order valence-corrected chi connectivity index (χ0v) is 12.5. The van der Waals surface area contributed by atoms with Gasteiger partial charge in [0.1, 0.15) is 5.82 Å². The number of aryl methyl sites for hydroxylation is 1. The first-order chi connectivity index (χ1) is 10.8. The number of imidazole rings is 1. The molecular formula is C15H18N6O. The fourth-order valence-electron chi connectivity index (χ4n) is 2.77. The molecule has 114 valence electrons. The Kier molecular flexibility index (Phi) is 3.36. The van der Waals surface area contributed by atoms with Crippen LogP contribution in [-0.2, 0) is 6.54 Å². The number of nitrogens with one attached hydrogen (secondary N) is 2. The Morgan fingerprint density at radius 2 is 2.09 bits per heavy atom. The average Bonchev–Trinajstić information content (AvgIpc) is 3.13. The molecule has 0 unspecified atom stereocenters. The van der Waals surface area contributed by atoms with E-state index in [0.717, 1.165) is 61.0 Å². The van der Waals surface area contributed by atoms with Crippen molar-refractivity contribution in [3.63, 3.8) is 0 Å². The van der Waals surface area contributed by atoms with Crippen LogP contribution in [0.3, 0.4) is 0 Å². The highest BCUT2D eigenvalue weighted by atomic mass is 16.5. The third-order valence-electron chi connectivity index (χ3n) is 3.89. The molecule has 22 heavy (non-hydrogen) atoms. The van der Waals surface area contributed by atoms with E-state index in [1.165, 1.54) is 0 Å². The van der Waals surface area contributed by atoms with E-state index in [2.05, 4.69) is 30.3 Å². The highest BCUT2D eigenvalue weighted by Gasteiger charge is 2.15. The quantitative estimate of drug-likeness (QED) is 0.759. The van der Waals surface area contributed by atoms with Crippen molar-refractivity contribution in [3.8, 4) is 11.5 Å². The van der Waals surface area contributed by atoms with Crippen molar-refractivity contribution < 1.29 is 4.52 Å². The monoisotopic (exact) mass is 298 g/mol. The lowest BCUT2D eigenvalue weighted by Gasteiger charge is -2.25. The van der Waals surface area contributed by atoms with Gasteiger partial charge in [-0.2, -0.15) is 4.98 Å². The van der Waals surface area contributed by atoms with E-state index in [0.29, 0.717) is 5.89 Å². The van der Waals surface area contributed by atoms with Gasteiger partial charge in [-0.15, -0.1) is 0 Å². The molecule has 1 fully saturated rings. The third-order valence-corrected chi connectivity index (χ3v) is 3.89. The average molecular weight is 298 g/mol. The predicted molar refractivity (Wildman–Crippen MR) is 82.3 cm³/mol. The van der Waals surface area contributed by atoms with Crippen molar-refractivity contribution in [2.24, 2.45) is 0 Å². The minimum Gasteiger partial charge on any atom is -0.342 e. The SMILES string of the molecule is Cc1nc2ccc(-c3nc(CN4CCNCC4)no3)cc2[nH]1. The summed E-state index contributed by atoms with van der Waals surface area (Å²) >= 11 is 0. The summed E-state index contributed by atoms with van der Waals surface area (Å²) in [4.78, 5) is 14.5. The molecule has 2 N–H and O–H groups in total. The normalized spacial score (nSPS) is 16.4. The number of fused-ring (bicyclic) bond motifs is 1. The fraction of sp³-hybridized carbons (Fsp3) is 0.400. The molecule has 1 saturated heterocycles. The largest absolute Gasteiger partial charge is 0.342 e. The molecule has 0 saturated carbocycles. The highest BCUT2D eigenvalue weighted by Crippen LogP contribution is 2.22. The van der Waals surface area contributed by atoms with E-state index in [9.17, 15) is 0 Å². The van der Waals surface area contributed by atoms with Crippen LogP contribution < -0.4 is 5.32 Å². The van der Waals surface area contributed by atoms with Gasteiger partial charge in [-0.3, -0.25) is 4.90 Å².